The van der Waals surface area contributed by atoms with Gasteiger partial charge in [-0.1, -0.05) is 0 Å². The fourth-order valence-electron chi connectivity index (χ4n) is 5.19. The number of nitrogens with one attached hydrogen (secondary N) is 3. The van der Waals surface area contributed by atoms with Crippen LogP contribution in [0.3, 0.4) is 0 Å². The zero-order valence-electron chi connectivity index (χ0n) is 23.8. The van der Waals surface area contributed by atoms with E-state index in [0.29, 0.717) is 76.8 Å². The third-order valence-electron chi connectivity index (χ3n) is 7.64. The van der Waals surface area contributed by atoms with Crippen molar-refractivity contribution in [3.63, 3.8) is 0 Å². The number of benzene rings is 1. The van der Waals surface area contributed by atoms with Crippen molar-refractivity contribution in [2.24, 2.45) is 0 Å². The molecule has 3 aromatic heterocycles. The molecule has 1 aliphatic heterocycles. The summed E-state index contributed by atoms with van der Waals surface area (Å²) in [6, 6.07) is 8.65. The number of rotatable bonds is 7. The molecular weight excluding hydrogens is 576 g/mol. The number of aryl methyl sites for hydroxylation is 3. The van der Waals surface area contributed by atoms with Gasteiger partial charge in [0.05, 0.1) is 53.2 Å². The molecule has 1 saturated carbocycles. The maximum absolute atomic E-state index is 14.1. The monoisotopic (exact) mass is 608 g/mol. The van der Waals surface area contributed by atoms with Crippen molar-refractivity contribution in [1.29, 1.82) is 0 Å². The van der Waals surface area contributed by atoms with Crippen molar-refractivity contribution in [2.75, 3.05) is 35.3 Å². The van der Waals surface area contributed by atoms with Crippen LogP contribution < -0.4 is 15.5 Å². The molecule has 0 bridgehead atoms. The van der Waals surface area contributed by atoms with Gasteiger partial charge in [0.25, 0.3) is 0 Å². The van der Waals surface area contributed by atoms with Gasteiger partial charge in [-0.2, -0.15) is 5.10 Å². The van der Waals surface area contributed by atoms with E-state index in [1.54, 1.807) is 25.3 Å². The van der Waals surface area contributed by atoms with Gasteiger partial charge in [-0.3, -0.25) is 5.10 Å². The molecule has 1 aromatic carbocycles. The molecule has 0 unspecified atom stereocenters. The molecule has 0 spiro atoms. The van der Waals surface area contributed by atoms with Crippen LogP contribution in [0.25, 0.3) is 11.4 Å². The van der Waals surface area contributed by atoms with E-state index in [-0.39, 0.29) is 6.04 Å². The van der Waals surface area contributed by atoms with Crippen molar-refractivity contribution in [3.8, 4) is 11.4 Å². The summed E-state index contributed by atoms with van der Waals surface area (Å²) >= 11 is 1.21. The molecule has 2 amide bonds. The number of nitrogens with zero attached hydrogens (tertiary/aromatic N) is 5. The number of carbonyl (C=O) groups is 1. The summed E-state index contributed by atoms with van der Waals surface area (Å²) in [7, 11) is -3.73. The number of carbonyl (C=O) groups excluding carboxylic acids is 1. The van der Waals surface area contributed by atoms with E-state index < -0.39 is 20.6 Å². The number of amides is 2. The molecule has 1 saturated heterocycles. The van der Waals surface area contributed by atoms with E-state index in [1.165, 1.54) is 11.3 Å². The lowest BCUT2D eigenvalue weighted by Crippen LogP contribution is -2.44. The van der Waals surface area contributed by atoms with Crippen LogP contribution >= 0.6 is 11.3 Å². The number of hydrogen-bond donors (Lipinski definition) is 3. The minimum absolute atomic E-state index is 0.0662. The van der Waals surface area contributed by atoms with Gasteiger partial charge in [0.2, 0.25) is 9.84 Å². The summed E-state index contributed by atoms with van der Waals surface area (Å²) in [4.78, 5) is 28.7. The molecule has 1 aliphatic carbocycles. The van der Waals surface area contributed by atoms with Crippen LogP contribution in [0.15, 0.2) is 40.7 Å². The number of aromatic nitrogens is 5. The first-order valence-corrected chi connectivity index (χ1v) is 16.0. The third-order valence-corrected chi connectivity index (χ3v) is 11.8. The van der Waals surface area contributed by atoms with Gasteiger partial charge in [-0.05, 0) is 64.8 Å². The molecule has 1 atom stereocenters. The predicted octanol–water partition coefficient (Wildman–Crippen LogP) is 4.58. The highest BCUT2D eigenvalue weighted by atomic mass is 32.2. The summed E-state index contributed by atoms with van der Waals surface area (Å²) < 4.78 is 32.9. The van der Waals surface area contributed by atoms with Gasteiger partial charge in [-0.15, -0.1) is 11.3 Å². The number of ether oxygens (including phenoxy) is 1. The second kappa shape index (κ2) is 10.7. The maximum atomic E-state index is 14.1. The van der Waals surface area contributed by atoms with Crippen LogP contribution in [0.1, 0.15) is 41.9 Å². The largest absolute Gasteiger partial charge is 0.377 e. The molecule has 2 fully saturated rings. The number of anilines is 3. The Morgan fingerprint density at radius 2 is 1.88 bits per heavy atom. The topological polar surface area (TPSA) is 155 Å². The lowest BCUT2D eigenvalue weighted by molar-refractivity contribution is 0.0985. The first-order valence-electron chi connectivity index (χ1n) is 13.7. The highest BCUT2D eigenvalue weighted by Gasteiger charge is 2.59. The Balaban J connectivity index is 1.35. The molecule has 2 aliphatic rings. The summed E-state index contributed by atoms with van der Waals surface area (Å²) in [6.07, 6.45) is 2.50. The zero-order valence-corrected chi connectivity index (χ0v) is 25.4. The van der Waals surface area contributed by atoms with E-state index >= 15 is 0 Å². The van der Waals surface area contributed by atoms with E-state index in [1.807, 2.05) is 32.0 Å². The SMILES string of the molecule is Cc1nc(C)c(S(=O)(=O)C2(c3cc(N4CCOC[C@@H]4C)nc(-c4ccc(NC(=O)Nc5cn[nH]c5C)cc4)n3)CC2)s1. The summed E-state index contributed by atoms with van der Waals surface area (Å²) in [5, 5.41) is 13.0. The molecule has 12 nitrogen and oxygen atoms in total. The van der Waals surface area contributed by atoms with E-state index in [9.17, 15) is 13.2 Å². The molecule has 4 aromatic rings. The number of morpholine rings is 1. The highest BCUT2D eigenvalue weighted by Crippen LogP contribution is 2.56. The molecular formula is C28H32N8O4S2. The molecule has 14 heteroatoms. The van der Waals surface area contributed by atoms with E-state index in [2.05, 4.69) is 37.6 Å². The Hall–Kier alpha value is -3.88. The van der Waals surface area contributed by atoms with Gasteiger partial charge in [-0.25, -0.2) is 28.2 Å². The summed E-state index contributed by atoms with van der Waals surface area (Å²) in [5.74, 6) is 1.09. The number of aromatic amines is 1. The molecule has 3 N–H and O–H groups in total. The van der Waals surface area contributed by atoms with Crippen LogP contribution in [0, 0.1) is 20.8 Å². The fraction of sp³-hybridized carbons (Fsp3) is 0.393. The minimum Gasteiger partial charge on any atom is -0.377 e. The first kappa shape index (κ1) is 28.2. The predicted molar refractivity (Wildman–Crippen MR) is 161 cm³/mol. The van der Waals surface area contributed by atoms with E-state index in [4.69, 9.17) is 14.7 Å². The quantitative estimate of drug-likeness (QED) is 0.273. The molecule has 6 rings (SSSR count). The van der Waals surface area contributed by atoms with Crippen molar-refractivity contribution in [3.05, 3.63) is 58.6 Å². The smallest absolute Gasteiger partial charge is 0.323 e. The second-order valence-corrected chi connectivity index (χ2v) is 14.4. The van der Waals surface area contributed by atoms with Crippen molar-refractivity contribution in [2.45, 2.75) is 55.5 Å². The van der Waals surface area contributed by atoms with Crippen LogP contribution in [0.4, 0.5) is 22.0 Å². The van der Waals surface area contributed by atoms with Crippen LogP contribution in [-0.2, 0) is 19.3 Å². The van der Waals surface area contributed by atoms with Crippen LogP contribution in [-0.4, -0.2) is 65.4 Å². The number of urea groups is 1. The zero-order chi connectivity index (χ0) is 29.6. The van der Waals surface area contributed by atoms with Crippen molar-refractivity contribution < 1.29 is 17.9 Å². The number of H-pyrrole nitrogens is 1. The maximum Gasteiger partial charge on any atom is 0.323 e. The molecule has 220 valence electrons. The van der Waals surface area contributed by atoms with Crippen LogP contribution in [0.2, 0.25) is 0 Å². The van der Waals surface area contributed by atoms with Gasteiger partial charge in [0, 0.05) is 23.9 Å². The Morgan fingerprint density at radius 3 is 2.50 bits per heavy atom. The molecule has 0 radical (unpaired) electrons. The average molecular weight is 609 g/mol. The number of thiazole rings is 1. The van der Waals surface area contributed by atoms with Crippen molar-refractivity contribution in [1.82, 2.24) is 25.1 Å². The number of sulfone groups is 1. The molecule has 42 heavy (non-hydrogen) atoms. The third kappa shape index (κ3) is 5.14. The standard InChI is InChI=1S/C28H32N8O4S2/c1-16-15-40-12-11-36(16)24-13-23(28(9-10-28)42(38,39)26-18(3)30-19(4)41-26)33-25(34-24)20-5-7-21(8-6-20)31-27(37)32-22-14-29-35-17(22)2/h5-8,13-14,16H,9-12,15H2,1-4H3,(H,29,35)(H2,31,32,37)/t16-/m0/s1. The Kier molecular flexibility index (Phi) is 7.23. The van der Waals surface area contributed by atoms with Crippen LogP contribution in [0.5, 0.6) is 0 Å². The summed E-state index contributed by atoms with van der Waals surface area (Å²) in [5.41, 5.74) is 3.63. The lowest BCUT2D eigenvalue weighted by Gasteiger charge is -2.34. The normalized spacial score (nSPS) is 18.1. The van der Waals surface area contributed by atoms with Gasteiger partial charge in [0.15, 0.2) is 5.82 Å². The fourth-order valence-corrected chi connectivity index (χ4v) is 8.92. The summed E-state index contributed by atoms with van der Waals surface area (Å²) in [6.45, 7) is 9.18. The molecule has 4 heterocycles. The Morgan fingerprint density at radius 1 is 1.12 bits per heavy atom. The average Bonchev–Trinajstić information content (AvgIpc) is 3.60. The Labute approximate surface area is 247 Å². The highest BCUT2D eigenvalue weighted by molar-refractivity contribution is 7.94. The lowest BCUT2D eigenvalue weighted by atomic mass is 10.1. The number of hydrogen-bond acceptors (Lipinski definition) is 10. The Bertz CT molecular complexity index is 1750. The minimum atomic E-state index is -3.73. The first-order chi connectivity index (χ1) is 20.1. The van der Waals surface area contributed by atoms with Gasteiger partial charge in [0.1, 0.15) is 14.8 Å². The van der Waals surface area contributed by atoms with Crippen molar-refractivity contribution >= 4 is 44.4 Å². The van der Waals surface area contributed by atoms with Gasteiger partial charge >= 0.3 is 6.03 Å². The van der Waals surface area contributed by atoms with Gasteiger partial charge < -0.3 is 20.3 Å². The second-order valence-electron chi connectivity index (χ2n) is 10.7. The van der Waals surface area contributed by atoms with E-state index in [0.717, 1.165) is 10.7 Å².